The molecule has 0 amide bonds. The molecular weight excluding hydrogens is 144 g/mol. The number of hydrogen-bond acceptors (Lipinski definition) is 4. The Morgan fingerprint density at radius 3 is 2.88 bits per heavy atom. The van der Waals surface area contributed by atoms with Gasteiger partial charge in [-0.05, 0) is 12.0 Å². The van der Waals surface area contributed by atoms with Crippen molar-refractivity contribution < 1.29 is 9.29 Å². The van der Waals surface area contributed by atoms with Gasteiger partial charge in [-0.3, -0.25) is 0 Å². The van der Waals surface area contributed by atoms with Gasteiger partial charge in [0, 0.05) is 11.5 Å². The summed E-state index contributed by atoms with van der Waals surface area (Å²) in [6.07, 6.45) is -0.360. The highest BCUT2D eigenvalue weighted by Gasteiger charge is 2.25. The van der Waals surface area contributed by atoms with Gasteiger partial charge in [0.25, 0.3) is 0 Å². The molecule has 0 radical (unpaired) electrons. The lowest BCUT2D eigenvalue weighted by Crippen LogP contribution is -2.23. The lowest BCUT2D eigenvalue weighted by molar-refractivity contribution is 0.103. The fourth-order valence-electron chi connectivity index (χ4n) is 0.520. The molecule has 0 aromatic carbocycles. The van der Waals surface area contributed by atoms with Crippen LogP contribution in [0.2, 0.25) is 0 Å². The smallest absolute Gasteiger partial charge is 0.108 e. The molecule has 8 heavy (non-hydrogen) atoms. The fourth-order valence-corrected chi connectivity index (χ4v) is 1.74. The lowest BCUT2D eigenvalue weighted by Gasteiger charge is -2.06. The van der Waals surface area contributed by atoms with Crippen LogP contribution in [0.4, 0.5) is 0 Å². The van der Waals surface area contributed by atoms with Gasteiger partial charge < -0.3 is 9.29 Å². The predicted octanol–water partition coefficient (Wildman–Crippen LogP) is 0.324. The van der Waals surface area contributed by atoms with E-state index in [-0.39, 0.29) is 12.2 Å². The summed E-state index contributed by atoms with van der Waals surface area (Å²) < 4.78 is 5.00. The summed E-state index contributed by atoms with van der Waals surface area (Å²) in [5, 5.41) is 8.99. The van der Waals surface area contributed by atoms with Gasteiger partial charge >= 0.3 is 0 Å². The first-order chi connectivity index (χ1) is 3.84. The lowest BCUT2D eigenvalue weighted by atomic mass is 10.3. The SMILES string of the molecule is O[C@H]1CSO[C@@H]1CS. The number of thiol groups is 1. The summed E-state index contributed by atoms with van der Waals surface area (Å²) >= 11 is 5.29. The third-order valence-corrected chi connectivity index (χ3v) is 2.26. The van der Waals surface area contributed by atoms with Crippen molar-refractivity contribution in [1.29, 1.82) is 0 Å². The average Bonchev–Trinajstić information content (AvgIpc) is 2.14. The van der Waals surface area contributed by atoms with Gasteiger partial charge in [-0.1, -0.05) is 0 Å². The van der Waals surface area contributed by atoms with Crippen LogP contribution < -0.4 is 0 Å². The van der Waals surface area contributed by atoms with Crippen LogP contribution in [0.3, 0.4) is 0 Å². The van der Waals surface area contributed by atoms with Crippen molar-refractivity contribution in [2.45, 2.75) is 12.2 Å². The molecule has 0 aromatic rings. The Labute approximate surface area is 58.2 Å². The maximum Gasteiger partial charge on any atom is 0.108 e. The van der Waals surface area contributed by atoms with E-state index >= 15 is 0 Å². The first kappa shape index (κ1) is 6.74. The van der Waals surface area contributed by atoms with E-state index in [1.54, 1.807) is 0 Å². The molecule has 1 rings (SSSR count). The molecule has 2 atom stereocenters. The molecule has 1 aliphatic heterocycles. The number of hydrogen-bond donors (Lipinski definition) is 2. The van der Waals surface area contributed by atoms with Crippen LogP contribution >= 0.6 is 24.7 Å². The van der Waals surface area contributed by atoms with Crippen molar-refractivity contribution in [2.24, 2.45) is 0 Å². The molecule has 1 N–H and O–H groups in total. The molecule has 1 fully saturated rings. The highest BCUT2D eigenvalue weighted by molar-refractivity contribution is 7.95. The van der Waals surface area contributed by atoms with Crippen molar-refractivity contribution >= 4 is 24.7 Å². The molecule has 0 unspecified atom stereocenters. The van der Waals surface area contributed by atoms with Gasteiger partial charge in [0.05, 0.1) is 6.10 Å². The van der Waals surface area contributed by atoms with Gasteiger partial charge in [-0.2, -0.15) is 12.6 Å². The quantitative estimate of drug-likeness (QED) is 0.419. The Hall–Kier alpha value is 0.620. The summed E-state index contributed by atoms with van der Waals surface area (Å²) in [5.74, 6) is 1.29. The highest BCUT2D eigenvalue weighted by Crippen LogP contribution is 2.22. The van der Waals surface area contributed by atoms with Crippen molar-refractivity contribution in [1.82, 2.24) is 0 Å². The molecule has 0 aliphatic carbocycles. The van der Waals surface area contributed by atoms with E-state index in [1.807, 2.05) is 0 Å². The van der Waals surface area contributed by atoms with Crippen LogP contribution in [0.15, 0.2) is 0 Å². The van der Waals surface area contributed by atoms with Gasteiger partial charge in [0.2, 0.25) is 0 Å². The summed E-state index contributed by atoms with van der Waals surface area (Å²) in [6.45, 7) is 0. The predicted molar refractivity (Wildman–Crippen MR) is 37.2 cm³/mol. The summed E-state index contributed by atoms with van der Waals surface area (Å²) in [7, 11) is 0. The van der Waals surface area contributed by atoms with Crippen LogP contribution in [0.5, 0.6) is 0 Å². The molecule has 4 heteroatoms. The summed E-state index contributed by atoms with van der Waals surface area (Å²) in [5.41, 5.74) is 0. The van der Waals surface area contributed by atoms with E-state index in [9.17, 15) is 0 Å². The van der Waals surface area contributed by atoms with E-state index in [0.29, 0.717) is 11.5 Å². The van der Waals surface area contributed by atoms with Crippen LogP contribution in [0.1, 0.15) is 0 Å². The molecular formula is C4H8O2S2. The minimum atomic E-state index is -0.308. The summed E-state index contributed by atoms with van der Waals surface area (Å²) in [6, 6.07) is 0. The average molecular weight is 152 g/mol. The fraction of sp³-hybridized carbons (Fsp3) is 1.00. The number of rotatable bonds is 1. The monoisotopic (exact) mass is 152 g/mol. The van der Waals surface area contributed by atoms with E-state index in [1.165, 1.54) is 12.0 Å². The van der Waals surface area contributed by atoms with Crippen molar-refractivity contribution in [2.75, 3.05) is 11.5 Å². The Balaban J connectivity index is 2.30. The molecule has 48 valence electrons. The van der Waals surface area contributed by atoms with E-state index in [4.69, 9.17) is 9.29 Å². The van der Waals surface area contributed by atoms with Crippen molar-refractivity contribution in [3.8, 4) is 0 Å². The third kappa shape index (κ3) is 1.31. The Bertz CT molecular complexity index is 78.4. The molecule has 0 aromatic heterocycles. The molecule has 0 saturated carbocycles. The van der Waals surface area contributed by atoms with Crippen molar-refractivity contribution in [3.63, 3.8) is 0 Å². The van der Waals surface area contributed by atoms with Gasteiger partial charge in [-0.25, -0.2) is 0 Å². The Kier molecular flexibility index (Phi) is 2.49. The second kappa shape index (κ2) is 2.96. The second-order valence-electron chi connectivity index (χ2n) is 1.67. The minimum absolute atomic E-state index is 0.0525. The molecule has 1 saturated heterocycles. The molecule has 1 heterocycles. The summed E-state index contributed by atoms with van der Waals surface area (Å²) in [4.78, 5) is 0. The van der Waals surface area contributed by atoms with Crippen molar-refractivity contribution in [3.05, 3.63) is 0 Å². The highest BCUT2D eigenvalue weighted by atomic mass is 32.2. The second-order valence-corrected chi connectivity index (χ2v) is 2.80. The largest absolute Gasteiger partial charge is 0.389 e. The zero-order valence-electron chi connectivity index (χ0n) is 4.28. The maximum atomic E-state index is 8.99. The number of aliphatic hydroxyl groups is 1. The first-order valence-electron chi connectivity index (χ1n) is 2.42. The topological polar surface area (TPSA) is 29.5 Å². The standard InChI is InChI=1S/C4H8O2S2/c5-3-2-8-6-4(3)1-7/h3-5,7H,1-2H2/t3-,4+/m0/s1. The van der Waals surface area contributed by atoms with Gasteiger partial charge in [-0.15, -0.1) is 0 Å². The van der Waals surface area contributed by atoms with Crippen LogP contribution in [-0.2, 0) is 4.18 Å². The molecule has 2 nitrogen and oxygen atoms in total. The van der Waals surface area contributed by atoms with E-state index < -0.39 is 0 Å². The molecule has 1 aliphatic rings. The third-order valence-electron chi connectivity index (χ3n) is 1.04. The zero-order chi connectivity index (χ0) is 5.98. The van der Waals surface area contributed by atoms with Gasteiger partial charge in [0.1, 0.15) is 6.10 Å². The Morgan fingerprint density at radius 1 is 1.88 bits per heavy atom. The molecule has 0 spiro atoms. The first-order valence-corrected chi connectivity index (χ1v) is 3.96. The van der Waals surface area contributed by atoms with Crippen LogP contribution in [0.25, 0.3) is 0 Å². The Morgan fingerprint density at radius 2 is 2.62 bits per heavy atom. The van der Waals surface area contributed by atoms with Crippen LogP contribution in [-0.4, -0.2) is 28.8 Å². The van der Waals surface area contributed by atoms with Gasteiger partial charge in [0.15, 0.2) is 0 Å². The zero-order valence-corrected chi connectivity index (χ0v) is 5.99. The van der Waals surface area contributed by atoms with E-state index in [0.717, 1.165) is 0 Å². The van der Waals surface area contributed by atoms with E-state index in [2.05, 4.69) is 12.6 Å². The molecule has 0 bridgehead atoms. The van der Waals surface area contributed by atoms with Crippen LogP contribution in [0, 0.1) is 0 Å². The normalized spacial score (nSPS) is 38.2. The number of aliphatic hydroxyl groups excluding tert-OH is 1. The maximum absolute atomic E-state index is 8.99. The minimum Gasteiger partial charge on any atom is -0.389 e.